The van der Waals surface area contributed by atoms with Gasteiger partial charge in [-0.1, -0.05) is 25.5 Å². The molecule has 4 N–H and O–H groups in total. The Hall–Kier alpha value is -3.95. The number of esters is 1. The van der Waals surface area contributed by atoms with E-state index in [2.05, 4.69) is 38.2 Å². The van der Waals surface area contributed by atoms with Crippen molar-refractivity contribution in [2.75, 3.05) is 25.4 Å². The van der Waals surface area contributed by atoms with Crippen LogP contribution in [0, 0.1) is 11.3 Å². The average molecular weight is 551 g/mol. The van der Waals surface area contributed by atoms with Gasteiger partial charge < -0.3 is 25.5 Å². The Labute approximate surface area is 233 Å². The maximum atomic E-state index is 12.7. The van der Waals surface area contributed by atoms with Crippen LogP contribution in [0.25, 0.3) is 11.2 Å². The van der Waals surface area contributed by atoms with Gasteiger partial charge in [-0.3, -0.25) is 14.3 Å². The minimum atomic E-state index is -0.343. The maximum Gasteiger partial charge on any atom is 0.327 e. The number of fused-ring (bicyclic) bond motifs is 1. The number of H-pyrrole nitrogens is 1. The Morgan fingerprint density at radius 3 is 2.95 bits per heavy atom. The number of nitrogens with one attached hydrogen (secondary N) is 2. The number of carbonyl (C=O) groups is 1. The number of benzene rings is 1. The van der Waals surface area contributed by atoms with Crippen molar-refractivity contribution in [2.45, 2.75) is 77.5 Å². The van der Waals surface area contributed by atoms with Crippen molar-refractivity contribution in [2.24, 2.45) is 0 Å². The lowest BCUT2D eigenvalue weighted by atomic mass is 9.93. The molecule has 1 aromatic carbocycles. The molecule has 12 nitrogen and oxygen atoms in total. The average Bonchev–Trinajstić information content (AvgIpc) is 3.24. The molecule has 0 aliphatic carbocycles. The van der Waals surface area contributed by atoms with Gasteiger partial charge in [-0.25, -0.2) is 4.79 Å². The summed E-state index contributed by atoms with van der Waals surface area (Å²) in [6.07, 6.45) is 5.22. The molecule has 4 rings (SSSR count). The molecule has 1 fully saturated rings. The molecule has 0 amide bonds. The van der Waals surface area contributed by atoms with Gasteiger partial charge in [-0.15, -0.1) is 0 Å². The van der Waals surface area contributed by atoms with Crippen LogP contribution in [0.1, 0.15) is 57.9 Å². The van der Waals surface area contributed by atoms with Gasteiger partial charge in [-0.05, 0) is 49.8 Å². The molecule has 1 saturated heterocycles. The summed E-state index contributed by atoms with van der Waals surface area (Å²) in [5, 5.41) is 13.0. The highest BCUT2D eigenvalue weighted by Gasteiger charge is 2.28. The largest absolute Gasteiger partial charge is 0.463 e. The van der Waals surface area contributed by atoms with Gasteiger partial charge in [-0.2, -0.15) is 15.2 Å². The quantitative estimate of drug-likeness (QED) is 0.125. The molecule has 2 unspecified atom stereocenters. The number of aryl methyl sites for hydroxylation is 1. The van der Waals surface area contributed by atoms with E-state index >= 15 is 0 Å². The molecular formula is C28H38N8O4. The Bertz CT molecular complexity index is 1400. The van der Waals surface area contributed by atoms with Gasteiger partial charge in [0, 0.05) is 38.6 Å². The van der Waals surface area contributed by atoms with Gasteiger partial charge in [0.1, 0.15) is 11.3 Å². The topological polar surface area (TPSA) is 164 Å². The van der Waals surface area contributed by atoms with E-state index in [1.54, 1.807) is 10.6 Å². The molecule has 0 spiro atoms. The second kappa shape index (κ2) is 13.9. The molecule has 0 bridgehead atoms. The van der Waals surface area contributed by atoms with Gasteiger partial charge in [0.15, 0.2) is 11.5 Å². The van der Waals surface area contributed by atoms with Crippen LogP contribution in [-0.4, -0.2) is 62.2 Å². The lowest BCUT2D eigenvalue weighted by Gasteiger charge is -2.38. The van der Waals surface area contributed by atoms with E-state index in [0.29, 0.717) is 43.2 Å². The van der Waals surface area contributed by atoms with Crippen molar-refractivity contribution in [3.63, 3.8) is 0 Å². The predicted octanol–water partition coefficient (Wildman–Crippen LogP) is 2.73. The first-order valence-electron chi connectivity index (χ1n) is 13.9. The number of ether oxygens (including phenoxy) is 2. The Balaban J connectivity index is 1.38. The van der Waals surface area contributed by atoms with Crippen molar-refractivity contribution in [3.05, 3.63) is 40.3 Å². The smallest absolute Gasteiger partial charge is 0.327 e. The number of imidazole rings is 1. The molecule has 2 atom stereocenters. The number of hydrogen-bond donors (Lipinski definition) is 3. The fourth-order valence-corrected chi connectivity index (χ4v) is 5.13. The van der Waals surface area contributed by atoms with Crippen molar-refractivity contribution >= 4 is 23.0 Å². The van der Waals surface area contributed by atoms with Gasteiger partial charge in [0.25, 0.3) is 0 Å². The Kier molecular flexibility index (Phi) is 10.1. The van der Waals surface area contributed by atoms with Crippen LogP contribution in [0.3, 0.4) is 0 Å². The normalized spacial score (nSPS) is 17.5. The van der Waals surface area contributed by atoms with Crippen molar-refractivity contribution in [1.29, 1.82) is 5.26 Å². The number of aromatic amines is 1. The molecule has 1 aliphatic rings. The highest BCUT2D eigenvalue weighted by Crippen LogP contribution is 2.23. The monoisotopic (exact) mass is 550 g/mol. The summed E-state index contributed by atoms with van der Waals surface area (Å²) < 4.78 is 12.4. The van der Waals surface area contributed by atoms with Crippen LogP contribution in [-0.2, 0) is 17.9 Å². The number of nitrogens with zero attached hydrogens (tertiary/aromatic N) is 5. The molecule has 2 aromatic heterocycles. The third kappa shape index (κ3) is 7.58. The number of nitrogen functional groups attached to an aromatic ring is 1. The van der Waals surface area contributed by atoms with Gasteiger partial charge in [0.05, 0.1) is 19.2 Å². The number of aromatic nitrogens is 4. The lowest BCUT2D eigenvalue weighted by Crippen LogP contribution is -2.48. The van der Waals surface area contributed by atoms with Crippen molar-refractivity contribution in [1.82, 2.24) is 29.7 Å². The molecular weight excluding hydrogens is 512 g/mol. The highest BCUT2D eigenvalue weighted by molar-refractivity contribution is 5.81. The third-order valence-electron chi connectivity index (χ3n) is 7.14. The SMILES string of the molecule is CCCCOc1nc(N)c2[nH]c(=O)n(CCCC3CC(NCc4cccc(OC(C)=O)c4)CCN3CC#N)c2n1. The second-order valence-corrected chi connectivity index (χ2v) is 10.1. The van der Waals surface area contributed by atoms with Crippen LogP contribution in [0.2, 0.25) is 0 Å². The number of hydrogen-bond acceptors (Lipinski definition) is 10. The number of carbonyl (C=O) groups excluding carboxylic acids is 1. The lowest BCUT2D eigenvalue weighted by molar-refractivity contribution is -0.131. The molecule has 214 valence electrons. The van der Waals surface area contributed by atoms with Crippen LogP contribution < -0.4 is 26.2 Å². The van der Waals surface area contributed by atoms with Crippen LogP contribution in [0.4, 0.5) is 5.82 Å². The molecule has 3 heterocycles. The molecule has 3 aromatic rings. The van der Waals surface area contributed by atoms with Crippen LogP contribution in [0.15, 0.2) is 29.1 Å². The second-order valence-electron chi connectivity index (χ2n) is 10.1. The van der Waals surface area contributed by atoms with Crippen molar-refractivity contribution < 1.29 is 14.3 Å². The summed E-state index contributed by atoms with van der Waals surface area (Å²) >= 11 is 0. The summed E-state index contributed by atoms with van der Waals surface area (Å²) in [5.74, 6) is 0.379. The fourth-order valence-electron chi connectivity index (χ4n) is 5.13. The first-order chi connectivity index (χ1) is 19.4. The number of piperidine rings is 1. The molecule has 12 heteroatoms. The summed E-state index contributed by atoms with van der Waals surface area (Å²) in [5.41, 5.74) is 7.68. The first kappa shape index (κ1) is 29.0. The predicted molar refractivity (Wildman–Crippen MR) is 151 cm³/mol. The minimum Gasteiger partial charge on any atom is -0.463 e. The Morgan fingerprint density at radius 1 is 1.32 bits per heavy atom. The van der Waals surface area contributed by atoms with Crippen LogP contribution in [0.5, 0.6) is 11.8 Å². The summed E-state index contributed by atoms with van der Waals surface area (Å²) in [4.78, 5) is 37.6. The molecule has 0 saturated carbocycles. The fraction of sp³-hybridized carbons (Fsp3) is 0.536. The number of nitriles is 1. The first-order valence-corrected chi connectivity index (χ1v) is 13.9. The van der Waals surface area contributed by atoms with E-state index in [0.717, 1.165) is 50.6 Å². The summed E-state index contributed by atoms with van der Waals surface area (Å²) in [7, 11) is 0. The van der Waals surface area contributed by atoms with Crippen molar-refractivity contribution in [3.8, 4) is 17.8 Å². The van der Waals surface area contributed by atoms with E-state index in [4.69, 9.17) is 15.2 Å². The Morgan fingerprint density at radius 2 is 2.17 bits per heavy atom. The number of nitrogens with two attached hydrogens (primary N) is 1. The molecule has 0 radical (unpaired) electrons. The van der Waals surface area contributed by atoms with E-state index in [1.165, 1.54) is 6.92 Å². The van der Waals surface area contributed by atoms with Gasteiger partial charge in [0.2, 0.25) is 0 Å². The maximum absolute atomic E-state index is 12.7. The summed E-state index contributed by atoms with van der Waals surface area (Å²) in [6, 6.07) is 10.4. The van der Waals surface area contributed by atoms with E-state index in [9.17, 15) is 14.9 Å². The standard InChI is InChI=1S/C28H38N8O4/c1-3-4-15-39-27-33-25(30)24-26(34-27)36(28(38)32-24)12-6-8-22-17-21(10-13-35(22)14-11-29)31-18-20-7-5-9-23(16-20)40-19(2)37/h5,7,9,16,21-22,31H,3-4,6,8,10,12-15,17-18H2,1-2H3,(H,32,38)(H2,30,33,34). The third-order valence-corrected chi connectivity index (χ3v) is 7.14. The van der Waals surface area contributed by atoms with E-state index in [-0.39, 0.29) is 35.6 Å². The zero-order valence-corrected chi connectivity index (χ0v) is 23.2. The van der Waals surface area contributed by atoms with Gasteiger partial charge >= 0.3 is 17.7 Å². The zero-order chi connectivity index (χ0) is 28.5. The molecule has 1 aliphatic heterocycles. The molecule has 40 heavy (non-hydrogen) atoms. The highest BCUT2D eigenvalue weighted by atomic mass is 16.5. The zero-order valence-electron chi connectivity index (χ0n) is 23.2. The number of anilines is 1. The van der Waals surface area contributed by atoms with Crippen LogP contribution >= 0.6 is 0 Å². The number of unbranched alkanes of at least 4 members (excludes halogenated alkanes) is 1. The number of likely N-dealkylation sites (tertiary alicyclic amines) is 1. The minimum absolute atomic E-state index is 0.172. The number of rotatable bonds is 13. The van der Waals surface area contributed by atoms with E-state index in [1.807, 2.05) is 18.2 Å². The van der Waals surface area contributed by atoms with E-state index < -0.39 is 0 Å². The summed E-state index contributed by atoms with van der Waals surface area (Å²) in [6.45, 7) is 6.24.